The largest absolute Gasteiger partial charge is 0.465 e. The van der Waals surface area contributed by atoms with Crippen LogP contribution >= 0.6 is 7.82 Å². The fourth-order valence-electron chi connectivity index (χ4n) is 2.69. The quantitative estimate of drug-likeness (QED) is 0.120. The smallest absolute Gasteiger partial charge is 0.415 e. The van der Waals surface area contributed by atoms with Gasteiger partial charge in [-0.15, -0.1) is 0 Å². The molecule has 0 aliphatic carbocycles. The van der Waals surface area contributed by atoms with Crippen molar-refractivity contribution in [3.8, 4) is 0 Å². The number of hydrogen-bond donors (Lipinski definition) is 0. The molecule has 0 saturated heterocycles. The first-order chi connectivity index (χ1) is 15.3. The van der Waals surface area contributed by atoms with Crippen molar-refractivity contribution in [2.75, 3.05) is 26.4 Å². The predicted octanol–water partition coefficient (Wildman–Crippen LogP) is 7.12. The Morgan fingerprint density at radius 2 is 0.800 bits per heavy atom. The summed E-state index contributed by atoms with van der Waals surface area (Å²) in [6.07, 6.45) is -0.695. The van der Waals surface area contributed by atoms with Crippen LogP contribution in [0, 0.1) is 0 Å². The molecule has 0 N–H and O–H groups in total. The molecule has 2 unspecified atom stereocenters. The molecule has 0 aromatic carbocycles. The van der Waals surface area contributed by atoms with Gasteiger partial charge < -0.3 is 21.9 Å². The number of hydrogen-bond acceptors (Lipinski definition) is 8. The zero-order valence-electron chi connectivity index (χ0n) is 25.2. The van der Waals surface area contributed by atoms with E-state index in [2.05, 4.69) is 78.6 Å². The predicted molar refractivity (Wildman–Crippen MR) is 159 cm³/mol. The van der Waals surface area contributed by atoms with Gasteiger partial charge in [-0.05, 0) is 98.2 Å². The minimum absolute atomic E-state index is 0.0709. The summed E-state index contributed by atoms with van der Waals surface area (Å²) in [4.78, 5) is 0. The summed E-state index contributed by atoms with van der Waals surface area (Å²) in [7, 11) is -13.4. The Morgan fingerprint density at radius 3 is 1.03 bits per heavy atom. The summed E-state index contributed by atoms with van der Waals surface area (Å²) in [5.74, 6) is 0. The van der Waals surface area contributed by atoms with Crippen LogP contribution in [-0.2, 0) is 35.5 Å². The standard InChI is InChI=1S/C21H55O8PSi5/c1-31(2,3)25-18-20(27-33(7,8)9)16-23-30(22,29-35(13,14)15)24-17-21(28-34(10,11)12)19-26-32(4,5)6/h20-21H,16-19H2,1-15H3. The summed E-state index contributed by atoms with van der Waals surface area (Å²) >= 11 is 0. The van der Waals surface area contributed by atoms with Crippen LogP contribution in [0.4, 0.5) is 0 Å². The van der Waals surface area contributed by atoms with Gasteiger partial charge in [-0.2, -0.15) is 0 Å². The minimum atomic E-state index is -3.86. The molecule has 0 aliphatic heterocycles. The van der Waals surface area contributed by atoms with Crippen LogP contribution in [0.2, 0.25) is 98.2 Å². The molecule has 212 valence electrons. The monoisotopic (exact) mass is 606 g/mol. The third-order valence-electron chi connectivity index (χ3n) is 3.67. The number of phosphoric ester groups is 1. The van der Waals surface area contributed by atoms with Gasteiger partial charge in [-0.3, -0.25) is 9.05 Å². The Hall–Kier alpha value is 1.03. The first-order valence-electron chi connectivity index (χ1n) is 12.5. The van der Waals surface area contributed by atoms with Crippen LogP contribution in [0.5, 0.6) is 0 Å². The molecule has 0 amide bonds. The second kappa shape index (κ2) is 13.9. The van der Waals surface area contributed by atoms with Crippen molar-refractivity contribution in [1.29, 1.82) is 0 Å². The van der Waals surface area contributed by atoms with Crippen LogP contribution in [0.1, 0.15) is 0 Å². The maximum atomic E-state index is 13.8. The lowest BCUT2D eigenvalue weighted by Gasteiger charge is -2.32. The second-order valence-electron chi connectivity index (χ2n) is 13.8. The molecular weight excluding hydrogens is 552 g/mol. The van der Waals surface area contributed by atoms with Crippen molar-refractivity contribution >= 4 is 49.4 Å². The van der Waals surface area contributed by atoms with Crippen LogP contribution in [0.15, 0.2) is 0 Å². The fourth-order valence-corrected chi connectivity index (χ4v) is 10.2. The van der Waals surface area contributed by atoms with Gasteiger partial charge in [0.15, 0.2) is 41.6 Å². The van der Waals surface area contributed by atoms with E-state index in [1.165, 1.54) is 0 Å². The molecule has 14 heteroatoms. The van der Waals surface area contributed by atoms with E-state index in [0.29, 0.717) is 13.2 Å². The van der Waals surface area contributed by atoms with Gasteiger partial charge in [0.05, 0.1) is 38.6 Å². The Kier molecular flexibility index (Phi) is 14.3. The van der Waals surface area contributed by atoms with Crippen LogP contribution < -0.4 is 0 Å². The Balaban J connectivity index is 5.56. The molecule has 0 aromatic heterocycles. The highest BCUT2D eigenvalue weighted by Crippen LogP contribution is 2.52. The van der Waals surface area contributed by atoms with Gasteiger partial charge in [0.1, 0.15) is 0 Å². The van der Waals surface area contributed by atoms with Crippen LogP contribution in [-0.4, -0.2) is 80.2 Å². The fraction of sp³-hybridized carbons (Fsp3) is 1.00. The van der Waals surface area contributed by atoms with E-state index in [-0.39, 0.29) is 25.4 Å². The zero-order chi connectivity index (χ0) is 27.9. The van der Waals surface area contributed by atoms with Crippen molar-refractivity contribution < 1.29 is 35.5 Å². The highest BCUT2D eigenvalue weighted by atomic mass is 31.2. The molecule has 0 spiro atoms. The van der Waals surface area contributed by atoms with E-state index >= 15 is 0 Å². The molecular formula is C21H55O8PSi5. The average molecular weight is 607 g/mol. The molecule has 0 radical (unpaired) electrons. The summed E-state index contributed by atoms with van der Waals surface area (Å²) in [6, 6.07) is 0. The maximum Gasteiger partial charge on any atom is 0.465 e. The summed E-state index contributed by atoms with van der Waals surface area (Å²) in [5.41, 5.74) is 0. The molecule has 0 bridgehead atoms. The van der Waals surface area contributed by atoms with E-state index in [9.17, 15) is 4.57 Å². The lowest BCUT2D eigenvalue weighted by Crippen LogP contribution is -2.41. The van der Waals surface area contributed by atoms with Crippen molar-refractivity contribution in [3.63, 3.8) is 0 Å². The van der Waals surface area contributed by atoms with Crippen molar-refractivity contribution in [1.82, 2.24) is 0 Å². The summed E-state index contributed by atoms with van der Waals surface area (Å²) in [5, 5.41) is 0. The zero-order valence-corrected chi connectivity index (χ0v) is 31.1. The van der Waals surface area contributed by atoms with Gasteiger partial charge in [-0.25, -0.2) is 4.57 Å². The summed E-state index contributed by atoms with van der Waals surface area (Å²) in [6.45, 7) is 32.2. The molecule has 0 heterocycles. The third kappa shape index (κ3) is 22.7. The van der Waals surface area contributed by atoms with Crippen molar-refractivity contribution in [2.24, 2.45) is 0 Å². The van der Waals surface area contributed by atoms with Crippen LogP contribution in [0.25, 0.3) is 0 Å². The highest BCUT2D eigenvalue weighted by molar-refractivity contribution is 7.50. The molecule has 2 atom stereocenters. The lowest BCUT2D eigenvalue weighted by atomic mass is 10.4. The maximum absolute atomic E-state index is 13.8. The van der Waals surface area contributed by atoms with Gasteiger partial charge in [0.25, 0.3) is 0 Å². The molecule has 0 aromatic rings. The molecule has 0 aliphatic rings. The van der Waals surface area contributed by atoms with Crippen molar-refractivity contribution in [3.05, 3.63) is 0 Å². The van der Waals surface area contributed by atoms with Crippen LogP contribution in [0.3, 0.4) is 0 Å². The van der Waals surface area contributed by atoms with Crippen molar-refractivity contribution in [2.45, 2.75) is 110 Å². The first kappa shape index (κ1) is 36.0. The SMILES string of the molecule is C[Si](C)(C)OCC(COP(=O)(OCC(CO[Si](C)(C)C)O[Si](C)(C)C)O[Si](C)(C)C)O[Si](C)(C)C. The van der Waals surface area contributed by atoms with E-state index < -0.39 is 49.4 Å². The van der Waals surface area contributed by atoms with E-state index in [1.807, 2.05) is 19.6 Å². The number of phosphoric acid groups is 1. The summed E-state index contributed by atoms with van der Waals surface area (Å²) < 4.78 is 56.3. The third-order valence-corrected chi connectivity index (χ3v) is 11.8. The molecule has 0 saturated carbocycles. The Morgan fingerprint density at radius 1 is 0.486 bits per heavy atom. The van der Waals surface area contributed by atoms with Gasteiger partial charge >= 0.3 is 7.82 Å². The molecule has 0 rings (SSSR count). The lowest BCUT2D eigenvalue weighted by molar-refractivity contribution is 0.0322. The molecule has 8 nitrogen and oxygen atoms in total. The topological polar surface area (TPSA) is 81.7 Å². The number of rotatable bonds is 18. The second-order valence-corrected chi connectivity index (χ2v) is 38.1. The highest BCUT2D eigenvalue weighted by Gasteiger charge is 2.37. The van der Waals surface area contributed by atoms with E-state index in [0.717, 1.165) is 0 Å². The average Bonchev–Trinajstić information content (AvgIpc) is 2.55. The molecule has 0 fully saturated rings. The minimum Gasteiger partial charge on any atom is -0.415 e. The Bertz CT molecular complexity index is 617. The van der Waals surface area contributed by atoms with Gasteiger partial charge in [-0.1, -0.05) is 0 Å². The first-order valence-corrected chi connectivity index (χ1v) is 31.0. The van der Waals surface area contributed by atoms with E-state index in [1.54, 1.807) is 0 Å². The van der Waals surface area contributed by atoms with E-state index in [4.69, 9.17) is 31.0 Å². The Labute approximate surface area is 221 Å². The molecule has 35 heavy (non-hydrogen) atoms. The van der Waals surface area contributed by atoms with Gasteiger partial charge in [0.2, 0.25) is 0 Å². The van der Waals surface area contributed by atoms with Gasteiger partial charge in [0, 0.05) is 0 Å². The normalized spacial score (nSPS) is 17.8.